The molecule has 1 aliphatic heterocycles. The number of ketones is 1. The quantitative estimate of drug-likeness (QED) is 0.787. The Bertz CT molecular complexity index is 689. The zero-order valence-corrected chi connectivity index (χ0v) is 12.3. The van der Waals surface area contributed by atoms with Gasteiger partial charge in [-0.2, -0.15) is 5.26 Å². The van der Waals surface area contributed by atoms with Crippen molar-refractivity contribution in [1.82, 2.24) is 0 Å². The van der Waals surface area contributed by atoms with Crippen molar-refractivity contribution in [2.75, 3.05) is 23.5 Å². The molecule has 1 aromatic carbocycles. The molecule has 5 nitrogen and oxygen atoms in total. The molecule has 0 saturated carbocycles. The Morgan fingerprint density at radius 1 is 1.45 bits per heavy atom. The molecule has 1 aromatic rings. The Balaban J connectivity index is 2.40. The molecule has 0 radical (unpaired) electrons. The topological polar surface area (TPSA) is 78.2 Å². The van der Waals surface area contributed by atoms with Gasteiger partial charge >= 0.3 is 0 Å². The summed E-state index contributed by atoms with van der Waals surface area (Å²) in [6.07, 6.45) is 0.549. The van der Waals surface area contributed by atoms with E-state index in [9.17, 15) is 13.2 Å². The van der Waals surface area contributed by atoms with E-state index in [0.29, 0.717) is 23.2 Å². The second-order valence-corrected chi connectivity index (χ2v) is 7.30. The van der Waals surface area contributed by atoms with Gasteiger partial charge in [-0.15, -0.1) is 0 Å². The number of hydrogen-bond acceptors (Lipinski definition) is 5. The first kappa shape index (κ1) is 14.5. The average Bonchev–Trinajstić information content (AvgIpc) is 2.77. The van der Waals surface area contributed by atoms with Gasteiger partial charge < -0.3 is 4.90 Å². The fourth-order valence-electron chi connectivity index (χ4n) is 2.47. The molecule has 1 fully saturated rings. The molecule has 1 unspecified atom stereocenters. The number of nitrogens with zero attached hydrogens (tertiary/aromatic N) is 2. The van der Waals surface area contributed by atoms with E-state index in [2.05, 4.69) is 0 Å². The van der Waals surface area contributed by atoms with Crippen molar-refractivity contribution in [2.45, 2.75) is 19.4 Å². The SMILES string of the molecule is CC(=O)c1ccc(C#N)cc1N(C)C1CCS(=O)(=O)C1. The van der Waals surface area contributed by atoms with Gasteiger partial charge in [0.15, 0.2) is 15.6 Å². The van der Waals surface area contributed by atoms with Crippen molar-refractivity contribution in [3.63, 3.8) is 0 Å². The third kappa shape index (κ3) is 2.83. The van der Waals surface area contributed by atoms with Crippen LogP contribution in [0.1, 0.15) is 29.3 Å². The summed E-state index contributed by atoms with van der Waals surface area (Å²) in [7, 11) is -1.22. The summed E-state index contributed by atoms with van der Waals surface area (Å²) >= 11 is 0. The smallest absolute Gasteiger partial charge is 0.161 e. The largest absolute Gasteiger partial charge is 0.370 e. The molecule has 1 heterocycles. The van der Waals surface area contributed by atoms with Crippen LogP contribution in [0.25, 0.3) is 0 Å². The molecular weight excluding hydrogens is 276 g/mol. The van der Waals surface area contributed by atoms with Gasteiger partial charge in [0.05, 0.1) is 23.1 Å². The number of nitriles is 1. The zero-order valence-electron chi connectivity index (χ0n) is 11.5. The highest BCUT2D eigenvalue weighted by Gasteiger charge is 2.31. The van der Waals surface area contributed by atoms with Gasteiger partial charge in [-0.25, -0.2) is 8.42 Å². The number of benzene rings is 1. The molecular formula is C14H16N2O3S. The van der Waals surface area contributed by atoms with Crippen molar-refractivity contribution < 1.29 is 13.2 Å². The molecule has 2 rings (SSSR count). The maximum Gasteiger partial charge on any atom is 0.161 e. The molecule has 0 N–H and O–H groups in total. The number of sulfone groups is 1. The maximum absolute atomic E-state index is 11.7. The highest BCUT2D eigenvalue weighted by atomic mass is 32.2. The van der Waals surface area contributed by atoms with Gasteiger partial charge in [0.1, 0.15) is 0 Å². The molecule has 106 valence electrons. The van der Waals surface area contributed by atoms with Gasteiger partial charge in [0, 0.05) is 24.3 Å². The van der Waals surface area contributed by atoms with E-state index in [1.54, 1.807) is 25.2 Å². The molecule has 1 saturated heterocycles. The highest BCUT2D eigenvalue weighted by molar-refractivity contribution is 7.91. The van der Waals surface area contributed by atoms with Crippen LogP contribution in [0.4, 0.5) is 5.69 Å². The normalized spacial score (nSPS) is 20.4. The average molecular weight is 292 g/mol. The van der Waals surface area contributed by atoms with Crippen LogP contribution in [-0.4, -0.2) is 38.8 Å². The Morgan fingerprint density at radius 2 is 2.15 bits per heavy atom. The van der Waals surface area contributed by atoms with E-state index in [1.807, 2.05) is 11.0 Å². The zero-order chi connectivity index (χ0) is 14.9. The van der Waals surface area contributed by atoms with Crippen molar-refractivity contribution in [2.24, 2.45) is 0 Å². The minimum Gasteiger partial charge on any atom is -0.370 e. The van der Waals surface area contributed by atoms with E-state index in [-0.39, 0.29) is 23.3 Å². The molecule has 1 atom stereocenters. The lowest BCUT2D eigenvalue weighted by Gasteiger charge is -2.27. The number of anilines is 1. The Morgan fingerprint density at radius 3 is 2.65 bits per heavy atom. The maximum atomic E-state index is 11.7. The summed E-state index contributed by atoms with van der Waals surface area (Å²) in [5.41, 5.74) is 1.59. The second-order valence-electron chi connectivity index (χ2n) is 5.07. The van der Waals surface area contributed by atoms with E-state index < -0.39 is 9.84 Å². The number of rotatable bonds is 3. The minimum atomic E-state index is -2.99. The van der Waals surface area contributed by atoms with Crippen molar-refractivity contribution >= 4 is 21.3 Å². The Labute approximate surface area is 118 Å². The van der Waals surface area contributed by atoms with Crippen LogP contribution in [-0.2, 0) is 9.84 Å². The molecule has 1 aliphatic rings. The van der Waals surface area contributed by atoms with Crippen LogP contribution < -0.4 is 4.90 Å². The summed E-state index contributed by atoms with van der Waals surface area (Å²) < 4.78 is 23.1. The van der Waals surface area contributed by atoms with E-state index in [1.165, 1.54) is 6.92 Å². The molecule has 0 bridgehead atoms. The summed E-state index contributed by atoms with van der Waals surface area (Å²) in [5.74, 6) is 0.171. The lowest BCUT2D eigenvalue weighted by Crippen LogP contribution is -2.33. The van der Waals surface area contributed by atoms with Crippen molar-refractivity contribution in [3.8, 4) is 6.07 Å². The van der Waals surface area contributed by atoms with E-state index >= 15 is 0 Å². The number of carbonyl (C=O) groups is 1. The van der Waals surface area contributed by atoms with Crippen LogP contribution in [0.3, 0.4) is 0 Å². The Kier molecular flexibility index (Phi) is 3.82. The van der Waals surface area contributed by atoms with E-state index in [4.69, 9.17) is 5.26 Å². The summed E-state index contributed by atoms with van der Waals surface area (Å²) in [5, 5.41) is 8.97. The molecule has 0 spiro atoms. The first-order chi connectivity index (χ1) is 9.34. The third-order valence-corrected chi connectivity index (χ3v) is 5.39. The highest BCUT2D eigenvalue weighted by Crippen LogP contribution is 2.27. The van der Waals surface area contributed by atoms with Crippen LogP contribution >= 0.6 is 0 Å². The van der Waals surface area contributed by atoms with Crippen molar-refractivity contribution in [3.05, 3.63) is 29.3 Å². The van der Waals surface area contributed by atoms with E-state index in [0.717, 1.165) is 0 Å². The summed E-state index contributed by atoms with van der Waals surface area (Å²) in [4.78, 5) is 13.5. The Hall–Kier alpha value is -1.87. The number of Topliss-reactive ketones (excluding diaryl/α,β-unsaturated/α-hetero) is 1. The first-order valence-corrected chi connectivity index (χ1v) is 8.14. The van der Waals surface area contributed by atoms with Gasteiger partial charge in [0.2, 0.25) is 0 Å². The lowest BCUT2D eigenvalue weighted by molar-refractivity contribution is 0.101. The second kappa shape index (κ2) is 5.25. The summed E-state index contributed by atoms with van der Waals surface area (Å²) in [6.45, 7) is 1.46. The van der Waals surface area contributed by atoms with Gasteiger partial charge in [0.25, 0.3) is 0 Å². The lowest BCUT2D eigenvalue weighted by atomic mass is 10.0. The predicted molar refractivity (Wildman–Crippen MR) is 76.6 cm³/mol. The third-order valence-electron chi connectivity index (χ3n) is 3.64. The van der Waals surface area contributed by atoms with Crippen LogP contribution in [0.15, 0.2) is 18.2 Å². The van der Waals surface area contributed by atoms with Gasteiger partial charge in [-0.05, 0) is 31.5 Å². The molecule has 0 aromatic heterocycles. The molecule has 0 aliphatic carbocycles. The molecule has 6 heteroatoms. The predicted octanol–water partition coefficient (Wildman–Crippen LogP) is 1.38. The minimum absolute atomic E-state index is 0.0949. The van der Waals surface area contributed by atoms with Crippen molar-refractivity contribution in [1.29, 1.82) is 5.26 Å². The van der Waals surface area contributed by atoms with Gasteiger partial charge in [-0.1, -0.05) is 0 Å². The van der Waals surface area contributed by atoms with Crippen LogP contribution in [0, 0.1) is 11.3 Å². The van der Waals surface area contributed by atoms with Crippen LogP contribution in [0.2, 0.25) is 0 Å². The molecule has 20 heavy (non-hydrogen) atoms. The number of carbonyl (C=O) groups excluding carboxylic acids is 1. The van der Waals surface area contributed by atoms with Gasteiger partial charge in [-0.3, -0.25) is 4.79 Å². The standard InChI is InChI=1S/C14H16N2O3S/c1-10(17)13-4-3-11(8-15)7-14(13)16(2)12-5-6-20(18,19)9-12/h3-4,7,12H,5-6,9H2,1-2H3. The monoisotopic (exact) mass is 292 g/mol. The van der Waals surface area contributed by atoms with Crippen LogP contribution in [0.5, 0.6) is 0 Å². The first-order valence-electron chi connectivity index (χ1n) is 6.32. The fourth-order valence-corrected chi connectivity index (χ4v) is 4.24. The summed E-state index contributed by atoms with van der Waals surface area (Å²) in [6, 6.07) is 6.75. The number of hydrogen-bond donors (Lipinski definition) is 0. The fraction of sp³-hybridized carbons (Fsp3) is 0.429. The molecule has 0 amide bonds.